The Balaban J connectivity index is 1.52. The summed E-state index contributed by atoms with van der Waals surface area (Å²) in [5.41, 5.74) is 2.43. The van der Waals surface area contributed by atoms with E-state index in [-0.39, 0.29) is 25.5 Å². The van der Waals surface area contributed by atoms with E-state index < -0.39 is 11.7 Å². The number of nitrogens with zero attached hydrogens (tertiary/aromatic N) is 1. The van der Waals surface area contributed by atoms with Crippen LogP contribution in [-0.2, 0) is 28.9 Å². The Morgan fingerprint density at radius 1 is 1.30 bits per heavy atom. The van der Waals surface area contributed by atoms with Crippen LogP contribution in [-0.4, -0.2) is 23.1 Å². The zero-order chi connectivity index (χ0) is 21.3. The van der Waals surface area contributed by atoms with Crippen LogP contribution < -0.4 is 11.1 Å². The predicted octanol–water partition coefficient (Wildman–Crippen LogP) is 4.39. The van der Waals surface area contributed by atoms with Crippen LogP contribution in [0.15, 0.2) is 27.4 Å². The Morgan fingerprint density at radius 3 is 2.90 bits per heavy atom. The van der Waals surface area contributed by atoms with Crippen LogP contribution in [0, 0.1) is 0 Å². The van der Waals surface area contributed by atoms with Crippen molar-refractivity contribution in [1.82, 2.24) is 4.57 Å². The molecule has 1 amide bonds. The number of carbonyl (C=O) groups excluding carboxylic acids is 2. The molecule has 0 fully saturated rings. The monoisotopic (exact) mass is 448 g/mol. The maximum Gasteiger partial charge on any atom is 0.419 e. The summed E-state index contributed by atoms with van der Waals surface area (Å²) in [6.07, 6.45) is 3.87. The van der Waals surface area contributed by atoms with Gasteiger partial charge in [-0.1, -0.05) is 11.6 Å². The number of oxazole rings is 1. The standard InChI is InChI=1S/C21H21ClN2O5S/c1-2-28-20(26)18-13-5-3-4-6-16(13)30-19(18)23-17(25)9-10-24-14-8-7-12(22)11-15(14)29-21(24)27/h7-8,11H,2-6,9-10H2,1H3,(H,23,25). The van der Waals surface area contributed by atoms with Crippen LogP contribution in [0.25, 0.3) is 11.1 Å². The molecule has 0 atom stereocenters. The van der Waals surface area contributed by atoms with E-state index in [1.165, 1.54) is 15.9 Å². The lowest BCUT2D eigenvalue weighted by molar-refractivity contribution is -0.116. The van der Waals surface area contributed by atoms with Gasteiger partial charge in [-0.15, -0.1) is 11.3 Å². The fourth-order valence-electron chi connectivity index (χ4n) is 3.73. The zero-order valence-corrected chi connectivity index (χ0v) is 18.0. The number of hydrogen-bond acceptors (Lipinski definition) is 6. The highest BCUT2D eigenvalue weighted by Gasteiger charge is 2.27. The highest BCUT2D eigenvalue weighted by Crippen LogP contribution is 2.38. The second kappa shape index (κ2) is 8.65. The minimum Gasteiger partial charge on any atom is -0.462 e. The summed E-state index contributed by atoms with van der Waals surface area (Å²) in [4.78, 5) is 38.4. The molecule has 158 valence electrons. The summed E-state index contributed by atoms with van der Waals surface area (Å²) >= 11 is 7.37. The van der Waals surface area contributed by atoms with Gasteiger partial charge in [0, 0.05) is 28.9 Å². The fraction of sp³-hybridized carbons (Fsp3) is 0.381. The number of aryl methyl sites for hydroxylation is 2. The van der Waals surface area contributed by atoms with E-state index in [4.69, 9.17) is 20.8 Å². The molecule has 0 unspecified atom stereocenters. The summed E-state index contributed by atoms with van der Waals surface area (Å²) in [6, 6.07) is 4.92. The summed E-state index contributed by atoms with van der Waals surface area (Å²) in [5, 5.41) is 3.85. The number of fused-ring (bicyclic) bond motifs is 2. The van der Waals surface area contributed by atoms with Crippen LogP contribution in [0.4, 0.5) is 5.00 Å². The van der Waals surface area contributed by atoms with E-state index >= 15 is 0 Å². The lowest BCUT2D eigenvalue weighted by Gasteiger charge is -2.12. The summed E-state index contributed by atoms with van der Waals surface area (Å²) in [6.45, 7) is 2.19. The number of aromatic nitrogens is 1. The number of halogens is 1. The molecule has 1 N–H and O–H groups in total. The van der Waals surface area contributed by atoms with Crippen molar-refractivity contribution in [3.05, 3.63) is 49.8 Å². The third-order valence-corrected chi connectivity index (χ3v) is 6.54. The van der Waals surface area contributed by atoms with Crippen molar-refractivity contribution < 1.29 is 18.7 Å². The third kappa shape index (κ3) is 4.02. The average molecular weight is 449 g/mol. The van der Waals surface area contributed by atoms with Gasteiger partial charge >= 0.3 is 11.7 Å². The molecule has 1 aromatic carbocycles. The van der Waals surface area contributed by atoms with Crippen LogP contribution >= 0.6 is 22.9 Å². The topological polar surface area (TPSA) is 90.5 Å². The summed E-state index contributed by atoms with van der Waals surface area (Å²) in [7, 11) is 0. The van der Waals surface area contributed by atoms with Gasteiger partial charge in [-0.25, -0.2) is 9.59 Å². The molecule has 1 aliphatic carbocycles. The highest BCUT2D eigenvalue weighted by atomic mass is 35.5. The number of hydrogen-bond donors (Lipinski definition) is 1. The second-order valence-electron chi connectivity index (χ2n) is 7.07. The molecule has 0 bridgehead atoms. The van der Waals surface area contributed by atoms with E-state index in [0.717, 1.165) is 36.1 Å². The first-order valence-electron chi connectivity index (χ1n) is 9.88. The number of ether oxygens (including phenoxy) is 1. The predicted molar refractivity (Wildman–Crippen MR) is 116 cm³/mol. The van der Waals surface area contributed by atoms with Gasteiger partial charge < -0.3 is 14.5 Å². The molecule has 7 nitrogen and oxygen atoms in total. The van der Waals surface area contributed by atoms with Gasteiger partial charge in [-0.3, -0.25) is 9.36 Å². The van der Waals surface area contributed by atoms with Gasteiger partial charge in [0.15, 0.2) is 5.58 Å². The van der Waals surface area contributed by atoms with Crippen molar-refractivity contribution in [2.75, 3.05) is 11.9 Å². The third-order valence-electron chi connectivity index (χ3n) is 5.10. The lowest BCUT2D eigenvalue weighted by Crippen LogP contribution is -2.20. The largest absolute Gasteiger partial charge is 0.462 e. The zero-order valence-electron chi connectivity index (χ0n) is 16.5. The van der Waals surface area contributed by atoms with Gasteiger partial charge in [-0.05, 0) is 50.3 Å². The lowest BCUT2D eigenvalue weighted by atomic mass is 9.95. The minimum absolute atomic E-state index is 0.0575. The second-order valence-corrected chi connectivity index (χ2v) is 8.61. The number of esters is 1. The minimum atomic E-state index is -0.543. The molecule has 4 rings (SSSR count). The van der Waals surface area contributed by atoms with E-state index in [1.807, 2.05) is 0 Å². The maximum atomic E-state index is 12.6. The van der Waals surface area contributed by atoms with Crippen molar-refractivity contribution in [3.8, 4) is 0 Å². The molecular weight excluding hydrogens is 428 g/mol. The number of nitrogens with one attached hydrogen (secondary N) is 1. The molecule has 30 heavy (non-hydrogen) atoms. The van der Waals surface area contributed by atoms with Crippen LogP contribution in [0.1, 0.15) is 47.0 Å². The van der Waals surface area contributed by atoms with Crippen LogP contribution in [0.5, 0.6) is 0 Å². The number of anilines is 1. The molecule has 0 saturated heterocycles. The number of rotatable bonds is 6. The van der Waals surface area contributed by atoms with Crippen molar-refractivity contribution in [1.29, 1.82) is 0 Å². The Hall–Kier alpha value is -2.58. The van der Waals surface area contributed by atoms with Crippen LogP contribution in [0.3, 0.4) is 0 Å². The maximum absolute atomic E-state index is 12.6. The number of thiophene rings is 1. The number of benzene rings is 1. The molecular formula is C21H21ClN2O5S. The smallest absolute Gasteiger partial charge is 0.419 e. The Morgan fingerprint density at radius 2 is 2.10 bits per heavy atom. The van der Waals surface area contributed by atoms with E-state index in [0.29, 0.717) is 26.7 Å². The summed E-state index contributed by atoms with van der Waals surface area (Å²) in [5.74, 6) is -1.23. The molecule has 9 heteroatoms. The van der Waals surface area contributed by atoms with E-state index in [1.54, 1.807) is 25.1 Å². The first kappa shape index (κ1) is 20.7. The normalized spacial score (nSPS) is 13.3. The van der Waals surface area contributed by atoms with Gasteiger partial charge in [-0.2, -0.15) is 0 Å². The highest BCUT2D eigenvalue weighted by molar-refractivity contribution is 7.17. The fourth-order valence-corrected chi connectivity index (χ4v) is 5.18. The summed E-state index contributed by atoms with van der Waals surface area (Å²) < 4.78 is 11.8. The van der Waals surface area contributed by atoms with Gasteiger partial charge in [0.25, 0.3) is 0 Å². The molecule has 3 aromatic rings. The molecule has 0 saturated carbocycles. The number of amides is 1. The molecule has 1 aliphatic rings. The van der Waals surface area contributed by atoms with E-state index in [2.05, 4.69) is 5.32 Å². The molecule has 0 aliphatic heterocycles. The van der Waals surface area contributed by atoms with Gasteiger partial charge in [0.05, 0.1) is 17.7 Å². The van der Waals surface area contributed by atoms with Gasteiger partial charge in [0.2, 0.25) is 5.91 Å². The van der Waals surface area contributed by atoms with Gasteiger partial charge in [0.1, 0.15) is 5.00 Å². The van der Waals surface area contributed by atoms with Crippen molar-refractivity contribution >= 4 is 50.9 Å². The quantitative estimate of drug-likeness (QED) is 0.564. The first-order chi connectivity index (χ1) is 14.5. The SMILES string of the molecule is CCOC(=O)c1c(NC(=O)CCn2c(=O)oc3cc(Cl)ccc32)sc2c1CCCC2. The van der Waals surface area contributed by atoms with Crippen molar-refractivity contribution in [2.45, 2.75) is 45.6 Å². The molecule has 2 aromatic heterocycles. The molecule has 2 heterocycles. The van der Waals surface area contributed by atoms with Crippen molar-refractivity contribution in [3.63, 3.8) is 0 Å². The number of carbonyl (C=O) groups is 2. The Labute approximate surface area is 181 Å². The first-order valence-corrected chi connectivity index (χ1v) is 11.1. The molecule has 0 spiro atoms. The molecule has 0 radical (unpaired) electrons. The Kier molecular flexibility index (Phi) is 5.97. The van der Waals surface area contributed by atoms with Crippen LogP contribution in [0.2, 0.25) is 5.02 Å². The Bertz CT molecular complexity index is 1180. The average Bonchev–Trinajstić information content (AvgIpc) is 3.22. The van der Waals surface area contributed by atoms with Crippen molar-refractivity contribution in [2.24, 2.45) is 0 Å². The van der Waals surface area contributed by atoms with E-state index in [9.17, 15) is 14.4 Å².